The van der Waals surface area contributed by atoms with E-state index in [0.717, 1.165) is 0 Å². The minimum Gasteiger partial charge on any atom is -0.395 e. The average Bonchev–Trinajstić information content (AvgIpc) is 2.08. The Morgan fingerprint density at radius 3 is 2.17 bits per heavy atom. The van der Waals surface area contributed by atoms with Crippen molar-refractivity contribution in [2.75, 3.05) is 6.61 Å². The van der Waals surface area contributed by atoms with Crippen molar-refractivity contribution in [2.24, 2.45) is 5.73 Å². The molecular weight excluding hydrogens is 164 g/mol. The van der Waals surface area contributed by atoms with Crippen molar-refractivity contribution < 1.29 is 20.4 Å². The fraction of sp³-hybridized carbons (Fsp3) is 1.00. The molecule has 0 amide bonds. The van der Waals surface area contributed by atoms with E-state index in [1.807, 2.05) is 0 Å². The minimum atomic E-state index is -1.31. The maximum absolute atomic E-state index is 9.24. The summed E-state index contributed by atoms with van der Waals surface area (Å²) in [5.74, 6) is 0. The number of nitrogens with one attached hydrogen (secondary N) is 1. The summed E-state index contributed by atoms with van der Waals surface area (Å²) in [6.07, 6.45) is -4.52. The van der Waals surface area contributed by atoms with Gasteiger partial charge in [-0.1, -0.05) is 0 Å². The molecule has 0 aromatic rings. The summed E-state index contributed by atoms with van der Waals surface area (Å²) in [6, 6.07) is -0.682. The lowest BCUT2D eigenvalue weighted by Crippen LogP contribution is -2.68. The van der Waals surface area contributed by atoms with E-state index in [0.29, 0.717) is 0 Å². The standard InChI is InChI=1S/C6H14N2O4/c7-6-5(12)4(11)3(10)2(1-9)8-6/h2-6,8-12H,1,7H2/t2-,3-,4+,5-,6?/m1/s1. The first-order valence-corrected chi connectivity index (χ1v) is 3.74. The van der Waals surface area contributed by atoms with Crippen LogP contribution in [0.3, 0.4) is 0 Å². The van der Waals surface area contributed by atoms with Crippen LogP contribution in [0.5, 0.6) is 0 Å². The largest absolute Gasteiger partial charge is 0.395 e. The number of aliphatic hydroxyl groups excluding tert-OH is 4. The molecule has 1 unspecified atom stereocenters. The first-order chi connectivity index (χ1) is 5.57. The van der Waals surface area contributed by atoms with Crippen LogP contribution in [0.25, 0.3) is 0 Å². The van der Waals surface area contributed by atoms with Crippen molar-refractivity contribution in [3.05, 3.63) is 0 Å². The normalized spacial score (nSPS) is 49.2. The molecule has 0 spiro atoms. The van der Waals surface area contributed by atoms with Crippen molar-refractivity contribution in [1.29, 1.82) is 0 Å². The zero-order valence-corrected chi connectivity index (χ0v) is 6.46. The van der Waals surface area contributed by atoms with Crippen molar-refractivity contribution >= 4 is 0 Å². The van der Waals surface area contributed by atoms with Gasteiger partial charge in [-0.25, -0.2) is 0 Å². The van der Waals surface area contributed by atoms with Gasteiger partial charge in [-0.15, -0.1) is 0 Å². The van der Waals surface area contributed by atoms with Crippen molar-refractivity contribution in [3.63, 3.8) is 0 Å². The van der Waals surface area contributed by atoms with E-state index in [1.54, 1.807) is 0 Å². The van der Waals surface area contributed by atoms with Gasteiger partial charge in [-0.3, -0.25) is 5.32 Å². The topological polar surface area (TPSA) is 119 Å². The molecule has 0 aromatic heterocycles. The summed E-state index contributed by atoms with van der Waals surface area (Å²) in [6.45, 7) is -0.335. The van der Waals surface area contributed by atoms with Crippen LogP contribution in [0.2, 0.25) is 0 Å². The van der Waals surface area contributed by atoms with Gasteiger partial charge in [0.2, 0.25) is 0 Å². The lowest BCUT2D eigenvalue weighted by atomic mass is 9.94. The second-order valence-corrected chi connectivity index (χ2v) is 2.95. The molecule has 72 valence electrons. The Morgan fingerprint density at radius 1 is 1.08 bits per heavy atom. The quantitative estimate of drug-likeness (QED) is 0.246. The van der Waals surface area contributed by atoms with E-state index in [1.165, 1.54) is 0 Å². The lowest BCUT2D eigenvalue weighted by molar-refractivity contribution is -0.118. The molecule has 1 rings (SSSR count). The molecule has 1 aliphatic heterocycles. The molecule has 5 atom stereocenters. The molecule has 1 saturated heterocycles. The predicted molar refractivity (Wildman–Crippen MR) is 40.0 cm³/mol. The molecule has 6 heteroatoms. The number of aliphatic hydroxyl groups is 4. The maximum Gasteiger partial charge on any atom is 0.111 e. The average molecular weight is 178 g/mol. The molecule has 1 heterocycles. The summed E-state index contributed by atoms with van der Waals surface area (Å²) >= 11 is 0. The Hall–Kier alpha value is -0.240. The second-order valence-electron chi connectivity index (χ2n) is 2.95. The Bertz CT molecular complexity index is 152. The van der Waals surface area contributed by atoms with Gasteiger partial charge in [0.1, 0.15) is 18.3 Å². The van der Waals surface area contributed by atoms with E-state index in [2.05, 4.69) is 5.32 Å². The smallest absolute Gasteiger partial charge is 0.111 e. The molecule has 1 fully saturated rings. The van der Waals surface area contributed by atoms with Crippen molar-refractivity contribution in [2.45, 2.75) is 30.5 Å². The van der Waals surface area contributed by atoms with Gasteiger partial charge in [0.25, 0.3) is 0 Å². The van der Waals surface area contributed by atoms with Gasteiger partial charge in [-0.05, 0) is 0 Å². The summed E-state index contributed by atoms with van der Waals surface area (Å²) < 4.78 is 0. The van der Waals surface area contributed by atoms with Crippen LogP contribution < -0.4 is 11.1 Å². The van der Waals surface area contributed by atoms with Gasteiger partial charge < -0.3 is 26.2 Å². The van der Waals surface area contributed by atoms with E-state index < -0.39 is 30.5 Å². The summed E-state index contributed by atoms with van der Waals surface area (Å²) in [5, 5.41) is 38.9. The van der Waals surface area contributed by atoms with Crippen LogP contribution in [0.1, 0.15) is 0 Å². The fourth-order valence-corrected chi connectivity index (χ4v) is 1.26. The highest BCUT2D eigenvalue weighted by Crippen LogP contribution is 2.12. The van der Waals surface area contributed by atoms with Crippen LogP contribution in [0.15, 0.2) is 0 Å². The Balaban J connectivity index is 2.63. The summed E-state index contributed by atoms with van der Waals surface area (Å²) in [7, 11) is 0. The molecule has 0 bridgehead atoms. The van der Waals surface area contributed by atoms with Crippen LogP contribution in [-0.4, -0.2) is 57.6 Å². The molecule has 12 heavy (non-hydrogen) atoms. The van der Waals surface area contributed by atoms with Gasteiger partial charge in [0.05, 0.1) is 18.8 Å². The third-order valence-electron chi connectivity index (χ3n) is 2.08. The number of hydrogen-bond donors (Lipinski definition) is 6. The van der Waals surface area contributed by atoms with Crippen LogP contribution in [0.4, 0.5) is 0 Å². The van der Waals surface area contributed by atoms with Crippen LogP contribution >= 0.6 is 0 Å². The third-order valence-corrected chi connectivity index (χ3v) is 2.08. The van der Waals surface area contributed by atoms with Crippen LogP contribution in [-0.2, 0) is 0 Å². The third kappa shape index (κ3) is 1.58. The van der Waals surface area contributed by atoms with E-state index in [-0.39, 0.29) is 6.61 Å². The van der Waals surface area contributed by atoms with Crippen molar-refractivity contribution in [3.8, 4) is 0 Å². The first-order valence-electron chi connectivity index (χ1n) is 3.74. The monoisotopic (exact) mass is 178 g/mol. The molecular formula is C6H14N2O4. The molecule has 0 aliphatic carbocycles. The van der Waals surface area contributed by atoms with Gasteiger partial charge >= 0.3 is 0 Å². The van der Waals surface area contributed by atoms with E-state index >= 15 is 0 Å². The van der Waals surface area contributed by atoms with Crippen molar-refractivity contribution in [1.82, 2.24) is 5.32 Å². The number of piperidine rings is 1. The second kappa shape index (κ2) is 3.65. The highest BCUT2D eigenvalue weighted by atomic mass is 16.4. The summed E-state index contributed by atoms with van der Waals surface area (Å²) in [5.41, 5.74) is 5.35. The minimum absolute atomic E-state index is 0.335. The molecule has 7 N–H and O–H groups in total. The van der Waals surface area contributed by atoms with Crippen LogP contribution in [0, 0.1) is 0 Å². The first kappa shape index (κ1) is 9.85. The molecule has 0 radical (unpaired) electrons. The summed E-state index contributed by atoms with van der Waals surface area (Å²) in [4.78, 5) is 0. The number of hydrogen-bond acceptors (Lipinski definition) is 6. The zero-order chi connectivity index (χ0) is 9.30. The van der Waals surface area contributed by atoms with E-state index in [9.17, 15) is 10.2 Å². The molecule has 1 aliphatic rings. The van der Waals surface area contributed by atoms with Gasteiger partial charge in [0.15, 0.2) is 0 Å². The van der Waals surface area contributed by atoms with E-state index in [4.69, 9.17) is 15.9 Å². The van der Waals surface area contributed by atoms with Gasteiger partial charge in [-0.2, -0.15) is 0 Å². The Labute approximate surface area is 69.6 Å². The predicted octanol–water partition coefficient (Wildman–Crippen LogP) is -3.68. The Morgan fingerprint density at radius 2 is 1.67 bits per heavy atom. The van der Waals surface area contributed by atoms with Gasteiger partial charge in [0, 0.05) is 0 Å². The lowest BCUT2D eigenvalue weighted by Gasteiger charge is -2.39. The number of nitrogens with two attached hydrogens (primary N) is 1. The zero-order valence-electron chi connectivity index (χ0n) is 6.46. The highest BCUT2D eigenvalue weighted by Gasteiger charge is 2.40. The molecule has 6 nitrogen and oxygen atoms in total. The highest BCUT2D eigenvalue weighted by molar-refractivity contribution is 4.95. The Kier molecular flexibility index (Phi) is 2.99. The maximum atomic E-state index is 9.24. The molecule has 0 saturated carbocycles. The molecule has 0 aromatic carbocycles. The fourth-order valence-electron chi connectivity index (χ4n) is 1.26. The number of rotatable bonds is 1. The SMILES string of the molecule is NC1N[C@H](CO)[C@@H](O)[C@H](O)[C@H]1O.